The zero-order valence-electron chi connectivity index (χ0n) is 11.5. The number of anilines is 1. The zero-order chi connectivity index (χ0) is 16.8. The summed E-state index contributed by atoms with van der Waals surface area (Å²) in [5, 5.41) is 2.68. The number of nitrogens with one attached hydrogen (secondary N) is 1. The Morgan fingerprint density at radius 2 is 1.87 bits per heavy atom. The first-order chi connectivity index (χ1) is 10.8. The minimum Gasteiger partial charge on any atom is -0.365 e. The Balaban J connectivity index is 2.22. The van der Waals surface area contributed by atoms with Crippen LogP contribution in [0.15, 0.2) is 56.7 Å². The summed E-state index contributed by atoms with van der Waals surface area (Å²) in [6.07, 6.45) is 0. The highest BCUT2D eigenvalue weighted by Gasteiger charge is 2.39. The van der Waals surface area contributed by atoms with Gasteiger partial charge in [0.05, 0.1) is 16.3 Å². The molecular formula is C15H10BrFN2O3S. The van der Waals surface area contributed by atoms with Gasteiger partial charge in [0.15, 0.2) is 4.91 Å². The third-order valence-electron chi connectivity index (χ3n) is 3.36. The molecule has 2 aromatic carbocycles. The van der Waals surface area contributed by atoms with Gasteiger partial charge in [-0.2, -0.15) is 0 Å². The number of carbonyl (C=O) groups is 1. The van der Waals surface area contributed by atoms with Crippen LogP contribution in [0, 0.1) is 5.82 Å². The number of carbonyl (C=O) groups excluding carboxylic acids is 1. The smallest absolute Gasteiger partial charge is 0.262 e. The Morgan fingerprint density at radius 3 is 2.52 bits per heavy atom. The van der Waals surface area contributed by atoms with Crippen LogP contribution < -0.4 is 11.1 Å². The quantitative estimate of drug-likeness (QED) is 0.834. The highest BCUT2D eigenvalue weighted by atomic mass is 79.9. The lowest BCUT2D eigenvalue weighted by molar-refractivity contribution is -0.113. The molecule has 8 heteroatoms. The molecule has 5 nitrogen and oxygen atoms in total. The summed E-state index contributed by atoms with van der Waals surface area (Å²) in [6.45, 7) is 0. The van der Waals surface area contributed by atoms with E-state index in [1.54, 1.807) is 12.1 Å². The van der Waals surface area contributed by atoms with Crippen molar-refractivity contribution in [3.63, 3.8) is 0 Å². The van der Waals surface area contributed by atoms with Crippen molar-refractivity contribution in [2.45, 2.75) is 4.90 Å². The number of hydrogen-bond acceptors (Lipinski definition) is 4. The van der Waals surface area contributed by atoms with Crippen LogP contribution in [0.1, 0.15) is 5.56 Å². The molecule has 1 heterocycles. The zero-order valence-corrected chi connectivity index (χ0v) is 13.9. The molecule has 23 heavy (non-hydrogen) atoms. The van der Waals surface area contributed by atoms with E-state index < -0.39 is 26.5 Å². The predicted molar refractivity (Wildman–Crippen MR) is 87.5 cm³/mol. The second kappa shape index (κ2) is 5.47. The number of rotatable bonds is 3. The van der Waals surface area contributed by atoms with Crippen LogP contribution >= 0.6 is 15.9 Å². The van der Waals surface area contributed by atoms with Gasteiger partial charge in [-0.05, 0) is 24.3 Å². The maximum atomic E-state index is 14.0. The minimum absolute atomic E-state index is 0.0191. The average Bonchev–Trinajstić information content (AvgIpc) is 2.70. The predicted octanol–water partition coefficient (Wildman–Crippen LogP) is 2.64. The number of halogens is 2. The second-order valence-electron chi connectivity index (χ2n) is 4.82. The summed E-state index contributed by atoms with van der Waals surface area (Å²) in [5.74, 6) is -1.70. The standard InChI is InChI=1S/C15H10BrFN2O3S/c16-8-5-6-11(10(17)7-8)19-13-9-3-1-2-4-12(9)23(21,22)14(13)15(18)20/h1-7,19H,(H2,18,20). The van der Waals surface area contributed by atoms with E-state index in [4.69, 9.17) is 5.73 Å². The Labute approximate surface area is 140 Å². The largest absolute Gasteiger partial charge is 0.365 e. The monoisotopic (exact) mass is 396 g/mol. The molecule has 118 valence electrons. The molecule has 1 amide bonds. The van der Waals surface area contributed by atoms with Crippen molar-refractivity contribution in [2.24, 2.45) is 5.73 Å². The highest BCUT2D eigenvalue weighted by Crippen LogP contribution is 2.39. The summed E-state index contributed by atoms with van der Waals surface area (Å²) in [4.78, 5) is 11.1. The maximum Gasteiger partial charge on any atom is 0.262 e. The van der Waals surface area contributed by atoms with Crippen LogP contribution in [-0.2, 0) is 14.6 Å². The van der Waals surface area contributed by atoms with Crippen molar-refractivity contribution >= 4 is 43.1 Å². The molecule has 0 atom stereocenters. The Hall–Kier alpha value is -2.19. The van der Waals surface area contributed by atoms with Crippen molar-refractivity contribution < 1.29 is 17.6 Å². The average molecular weight is 397 g/mol. The Morgan fingerprint density at radius 1 is 1.17 bits per heavy atom. The lowest BCUT2D eigenvalue weighted by Crippen LogP contribution is -2.20. The Kier molecular flexibility index (Phi) is 3.73. The number of amides is 1. The third-order valence-corrected chi connectivity index (χ3v) is 5.73. The number of primary amides is 1. The summed E-state index contributed by atoms with van der Waals surface area (Å²) >= 11 is 3.14. The molecule has 0 fully saturated rings. The fourth-order valence-corrected chi connectivity index (χ4v) is 4.34. The maximum absolute atomic E-state index is 14.0. The number of nitrogens with two attached hydrogens (primary N) is 1. The summed E-state index contributed by atoms with van der Waals surface area (Å²) in [6, 6.07) is 10.3. The molecule has 0 radical (unpaired) electrons. The van der Waals surface area contributed by atoms with Crippen LogP contribution in [0.4, 0.5) is 10.1 Å². The summed E-state index contributed by atoms with van der Waals surface area (Å²) in [7, 11) is -4.03. The van der Waals surface area contributed by atoms with Crippen LogP contribution in [0.2, 0.25) is 0 Å². The lowest BCUT2D eigenvalue weighted by Gasteiger charge is -2.10. The van der Waals surface area contributed by atoms with Gasteiger partial charge < -0.3 is 11.1 Å². The van der Waals surface area contributed by atoms with E-state index in [2.05, 4.69) is 21.2 Å². The first-order valence-electron chi connectivity index (χ1n) is 6.43. The van der Waals surface area contributed by atoms with Crippen molar-refractivity contribution in [3.05, 3.63) is 63.2 Å². The van der Waals surface area contributed by atoms with Gasteiger partial charge in [0.2, 0.25) is 9.84 Å². The molecule has 0 aliphatic carbocycles. The van der Waals surface area contributed by atoms with E-state index in [1.165, 1.54) is 30.3 Å². The molecule has 0 spiro atoms. The first kappa shape index (κ1) is 15.7. The van der Waals surface area contributed by atoms with E-state index in [0.29, 0.717) is 4.47 Å². The van der Waals surface area contributed by atoms with Gasteiger partial charge in [0.25, 0.3) is 5.91 Å². The normalized spacial score (nSPS) is 15.4. The molecule has 1 aliphatic rings. The van der Waals surface area contributed by atoms with Gasteiger partial charge in [0, 0.05) is 10.0 Å². The minimum atomic E-state index is -4.03. The fraction of sp³-hybridized carbons (Fsp3) is 0. The van der Waals surface area contributed by atoms with Gasteiger partial charge >= 0.3 is 0 Å². The molecule has 0 saturated carbocycles. The SMILES string of the molecule is NC(=O)C1=C(Nc2ccc(Br)cc2F)c2ccccc2S1(=O)=O. The van der Waals surface area contributed by atoms with E-state index >= 15 is 0 Å². The molecule has 0 aromatic heterocycles. The first-order valence-corrected chi connectivity index (χ1v) is 8.70. The number of sulfone groups is 1. The van der Waals surface area contributed by atoms with Crippen molar-refractivity contribution in [1.82, 2.24) is 0 Å². The molecule has 0 bridgehead atoms. The lowest BCUT2D eigenvalue weighted by atomic mass is 10.1. The number of benzene rings is 2. The molecule has 1 aliphatic heterocycles. The number of hydrogen-bond donors (Lipinski definition) is 2. The number of fused-ring (bicyclic) bond motifs is 1. The highest BCUT2D eigenvalue weighted by molar-refractivity contribution is 9.10. The van der Waals surface area contributed by atoms with E-state index in [0.717, 1.165) is 0 Å². The molecule has 0 saturated heterocycles. The van der Waals surface area contributed by atoms with E-state index in [1.807, 2.05) is 0 Å². The molecule has 3 rings (SSSR count). The van der Waals surface area contributed by atoms with Crippen LogP contribution in [0.5, 0.6) is 0 Å². The summed E-state index contributed by atoms with van der Waals surface area (Å²) in [5.41, 5.74) is 5.54. The van der Waals surface area contributed by atoms with Gasteiger partial charge in [-0.3, -0.25) is 4.79 Å². The molecule has 3 N–H and O–H groups in total. The van der Waals surface area contributed by atoms with Crippen LogP contribution in [0.25, 0.3) is 5.70 Å². The topological polar surface area (TPSA) is 89.3 Å². The Bertz CT molecular complexity index is 970. The van der Waals surface area contributed by atoms with Gasteiger partial charge in [-0.1, -0.05) is 34.1 Å². The van der Waals surface area contributed by atoms with Gasteiger partial charge in [0.1, 0.15) is 5.82 Å². The third kappa shape index (κ3) is 2.53. The van der Waals surface area contributed by atoms with Crippen LogP contribution in [-0.4, -0.2) is 14.3 Å². The van der Waals surface area contributed by atoms with E-state index in [-0.39, 0.29) is 21.8 Å². The molecular weight excluding hydrogens is 387 g/mol. The fourth-order valence-electron chi connectivity index (χ4n) is 2.38. The molecule has 0 unspecified atom stereocenters. The van der Waals surface area contributed by atoms with Crippen LogP contribution in [0.3, 0.4) is 0 Å². The second-order valence-corrected chi connectivity index (χ2v) is 7.59. The van der Waals surface area contributed by atoms with Crippen molar-refractivity contribution in [2.75, 3.05) is 5.32 Å². The van der Waals surface area contributed by atoms with Gasteiger partial charge in [-0.25, -0.2) is 12.8 Å². The van der Waals surface area contributed by atoms with Crippen molar-refractivity contribution in [3.8, 4) is 0 Å². The van der Waals surface area contributed by atoms with Crippen molar-refractivity contribution in [1.29, 1.82) is 0 Å². The van der Waals surface area contributed by atoms with Gasteiger partial charge in [-0.15, -0.1) is 0 Å². The van der Waals surface area contributed by atoms with E-state index in [9.17, 15) is 17.6 Å². The summed E-state index contributed by atoms with van der Waals surface area (Å²) < 4.78 is 39.5. The molecule has 2 aromatic rings.